The SMILES string of the molecule is CC(=O)C[C@@H]1c2cccc3[nH]cc(c23)C[C@H]1[N+](=O)[O-]. The number of ketones is 1. The van der Waals surface area contributed by atoms with Crippen LogP contribution in [0.3, 0.4) is 0 Å². The van der Waals surface area contributed by atoms with Gasteiger partial charge in [-0.2, -0.15) is 0 Å². The normalized spacial score (nSPS) is 21.5. The summed E-state index contributed by atoms with van der Waals surface area (Å²) in [5.74, 6) is -0.327. The second kappa shape index (κ2) is 4.19. The molecule has 1 N–H and O–H groups in total. The molecule has 5 nitrogen and oxygen atoms in total. The van der Waals surface area contributed by atoms with Gasteiger partial charge in [-0.1, -0.05) is 12.1 Å². The van der Waals surface area contributed by atoms with Gasteiger partial charge in [0.15, 0.2) is 0 Å². The molecule has 0 saturated heterocycles. The van der Waals surface area contributed by atoms with Gasteiger partial charge in [-0.05, 0) is 24.1 Å². The highest BCUT2D eigenvalue weighted by Crippen LogP contribution is 2.39. The minimum absolute atomic E-state index is 0.00663. The molecule has 0 fully saturated rings. The van der Waals surface area contributed by atoms with Crippen LogP contribution in [0.1, 0.15) is 30.4 Å². The number of benzene rings is 1. The molecule has 2 aromatic rings. The highest BCUT2D eigenvalue weighted by molar-refractivity contribution is 5.89. The van der Waals surface area contributed by atoms with Crippen LogP contribution in [0.25, 0.3) is 10.9 Å². The number of H-pyrrole nitrogens is 1. The predicted octanol–water partition coefficient (Wildman–Crippen LogP) is 2.43. The maximum Gasteiger partial charge on any atom is 0.224 e. The number of hydrogen-bond donors (Lipinski definition) is 1. The Kier molecular flexibility index (Phi) is 2.62. The van der Waals surface area contributed by atoms with Crippen molar-refractivity contribution in [3.05, 3.63) is 45.6 Å². The van der Waals surface area contributed by atoms with E-state index < -0.39 is 6.04 Å². The van der Waals surface area contributed by atoms with Gasteiger partial charge in [0.05, 0.1) is 5.92 Å². The van der Waals surface area contributed by atoms with Gasteiger partial charge in [0, 0.05) is 34.9 Å². The summed E-state index contributed by atoms with van der Waals surface area (Å²) < 4.78 is 0. The van der Waals surface area contributed by atoms with E-state index in [1.807, 2.05) is 24.4 Å². The zero-order chi connectivity index (χ0) is 13.6. The Balaban J connectivity index is 2.19. The van der Waals surface area contributed by atoms with E-state index in [0.29, 0.717) is 6.42 Å². The van der Waals surface area contributed by atoms with E-state index in [1.165, 1.54) is 6.92 Å². The molecule has 19 heavy (non-hydrogen) atoms. The molecular formula is C14H14N2O3. The molecule has 1 heterocycles. The van der Waals surface area contributed by atoms with E-state index in [2.05, 4.69) is 4.98 Å². The van der Waals surface area contributed by atoms with Gasteiger partial charge >= 0.3 is 0 Å². The summed E-state index contributed by atoms with van der Waals surface area (Å²) in [6.45, 7) is 1.49. The minimum Gasteiger partial charge on any atom is -0.361 e. The number of Topliss-reactive ketones (excluding diaryl/α,β-unsaturated/α-hetero) is 1. The molecular weight excluding hydrogens is 244 g/mol. The number of carbonyl (C=O) groups excluding carboxylic acids is 1. The number of aromatic amines is 1. The fourth-order valence-electron chi connectivity index (χ4n) is 3.11. The average molecular weight is 258 g/mol. The molecule has 1 aromatic carbocycles. The van der Waals surface area contributed by atoms with Gasteiger partial charge in [-0.3, -0.25) is 10.1 Å². The second-order valence-electron chi connectivity index (χ2n) is 5.15. The third kappa shape index (κ3) is 1.82. The van der Waals surface area contributed by atoms with Crippen LogP contribution in [0.5, 0.6) is 0 Å². The van der Waals surface area contributed by atoms with Crippen LogP contribution in [0, 0.1) is 10.1 Å². The molecule has 0 amide bonds. The lowest BCUT2D eigenvalue weighted by Crippen LogP contribution is -2.33. The van der Waals surface area contributed by atoms with E-state index in [9.17, 15) is 14.9 Å². The van der Waals surface area contributed by atoms with Crippen LogP contribution in [0.4, 0.5) is 0 Å². The summed E-state index contributed by atoms with van der Waals surface area (Å²) in [5, 5.41) is 12.3. The first kappa shape index (κ1) is 11.9. The summed E-state index contributed by atoms with van der Waals surface area (Å²) in [4.78, 5) is 25.6. The molecule has 0 radical (unpaired) electrons. The van der Waals surface area contributed by atoms with Gasteiger partial charge in [0.2, 0.25) is 6.04 Å². The van der Waals surface area contributed by atoms with Crippen molar-refractivity contribution in [1.82, 2.24) is 4.98 Å². The smallest absolute Gasteiger partial charge is 0.224 e. The standard InChI is InChI=1S/C14H14N2O3/c1-8(17)5-11-10-3-2-4-12-14(10)9(7-15-12)6-13(11)16(18)19/h2-4,7,11,13,15H,5-6H2,1H3/t11-,13-/m1/s1. The van der Waals surface area contributed by atoms with E-state index in [4.69, 9.17) is 0 Å². The Morgan fingerprint density at radius 3 is 3.00 bits per heavy atom. The van der Waals surface area contributed by atoms with Crippen LogP contribution in [-0.4, -0.2) is 21.7 Å². The number of carbonyl (C=O) groups is 1. The number of aromatic nitrogens is 1. The van der Waals surface area contributed by atoms with Crippen LogP contribution < -0.4 is 0 Å². The number of hydrogen-bond acceptors (Lipinski definition) is 3. The summed E-state index contributed by atoms with van der Waals surface area (Å²) in [7, 11) is 0. The number of nitrogens with one attached hydrogen (secondary N) is 1. The van der Waals surface area contributed by atoms with Crippen molar-refractivity contribution < 1.29 is 9.72 Å². The molecule has 5 heteroatoms. The lowest BCUT2D eigenvalue weighted by molar-refractivity contribution is -0.526. The highest BCUT2D eigenvalue weighted by atomic mass is 16.6. The minimum atomic E-state index is -0.710. The van der Waals surface area contributed by atoms with Gasteiger partial charge in [0.1, 0.15) is 5.78 Å². The molecule has 98 valence electrons. The molecule has 3 rings (SSSR count). The average Bonchev–Trinajstić information content (AvgIpc) is 2.76. The summed E-state index contributed by atoms with van der Waals surface area (Å²) in [6.07, 6.45) is 2.46. The summed E-state index contributed by atoms with van der Waals surface area (Å²) in [5.41, 5.74) is 2.90. The van der Waals surface area contributed by atoms with Crippen molar-refractivity contribution in [2.24, 2.45) is 0 Å². The molecule has 2 atom stereocenters. The van der Waals surface area contributed by atoms with E-state index in [1.54, 1.807) is 0 Å². The Morgan fingerprint density at radius 2 is 2.32 bits per heavy atom. The Bertz CT molecular complexity index is 674. The molecule has 0 saturated carbocycles. The molecule has 1 aliphatic rings. The first-order valence-corrected chi connectivity index (χ1v) is 6.29. The topological polar surface area (TPSA) is 76.0 Å². The largest absolute Gasteiger partial charge is 0.361 e. The zero-order valence-corrected chi connectivity index (χ0v) is 10.6. The Morgan fingerprint density at radius 1 is 1.53 bits per heavy atom. The summed E-state index contributed by atoms with van der Waals surface area (Å²) >= 11 is 0. The highest BCUT2D eigenvalue weighted by Gasteiger charge is 2.39. The van der Waals surface area contributed by atoms with Crippen LogP contribution in [0.2, 0.25) is 0 Å². The van der Waals surface area contributed by atoms with Crippen molar-refractivity contribution in [2.45, 2.75) is 31.7 Å². The predicted molar refractivity (Wildman–Crippen MR) is 70.8 cm³/mol. The fourth-order valence-corrected chi connectivity index (χ4v) is 3.11. The van der Waals surface area contributed by atoms with Crippen LogP contribution >= 0.6 is 0 Å². The monoisotopic (exact) mass is 258 g/mol. The van der Waals surface area contributed by atoms with Gasteiger partial charge in [-0.25, -0.2) is 0 Å². The van der Waals surface area contributed by atoms with E-state index >= 15 is 0 Å². The molecule has 1 aromatic heterocycles. The first-order chi connectivity index (χ1) is 9.08. The van der Waals surface area contributed by atoms with E-state index in [0.717, 1.165) is 22.0 Å². The maximum atomic E-state index is 11.4. The molecule has 0 unspecified atom stereocenters. The van der Waals surface area contributed by atoms with Gasteiger partial charge < -0.3 is 9.78 Å². The molecule has 0 bridgehead atoms. The maximum absolute atomic E-state index is 11.4. The van der Waals surface area contributed by atoms with Crippen LogP contribution in [0.15, 0.2) is 24.4 Å². The number of nitrogens with zero attached hydrogens (tertiary/aromatic N) is 1. The first-order valence-electron chi connectivity index (χ1n) is 6.29. The van der Waals surface area contributed by atoms with Crippen molar-refractivity contribution in [1.29, 1.82) is 0 Å². The third-order valence-electron chi connectivity index (χ3n) is 3.89. The van der Waals surface area contributed by atoms with Crippen molar-refractivity contribution >= 4 is 16.7 Å². The summed E-state index contributed by atoms with van der Waals surface area (Å²) in [6, 6.07) is 5.04. The molecule has 0 spiro atoms. The Hall–Kier alpha value is -2.17. The fraction of sp³-hybridized carbons (Fsp3) is 0.357. The number of nitro groups is 1. The van der Waals surface area contributed by atoms with Crippen molar-refractivity contribution in [3.8, 4) is 0 Å². The quantitative estimate of drug-likeness (QED) is 0.678. The number of rotatable bonds is 3. The van der Waals surface area contributed by atoms with Crippen molar-refractivity contribution in [2.75, 3.05) is 0 Å². The molecule has 1 aliphatic carbocycles. The molecule has 0 aliphatic heterocycles. The lowest BCUT2D eigenvalue weighted by atomic mass is 9.78. The zero-order valence-electron chi connectivity index (χ0n) is 10.6. The van der Waals surface area contributed by atoms with Gasteiger partial charge in [-0.15, -0.1) is 0 Å². The van der Waals surface area contributed by atoms with Gasteiger partial charge in [0.25, 0.3) is 0 Å². The second-order valence-corrected chi connectivity index (χ2v) is 5.15. The van der Waals surface area contributed by atoms with E-state index in [-0.39, 0.29) is 23.0 Å². The van der Waals surface area contributed by atoms with Crippen molar-refractivity contribution in [3.63, 3.8) is 0 Å². The van der Waals surface area contributed by atoms with Crippen LogP contribution in [-0.2, 0) is 11.2 Å². The lowest BCUT2D eigenvalue weighted by Gasteiger charge is -2.25. The third-order valence-corrected chi connectivity index (χ3v) is 3.89. The Labute approximate surface area is 109 Å².